The van der Waals surface area contributed by atoms with E-state index in [2.05, 4.69) is 39.9 Å². The molecule has 2 aromatic heterocycles. The molecule has 172 valence electrons. The number of amides is 1. The smallest absolute Gasteiger partial charge is 0.238 e. The van der Waals surface area contributed by atoms with Crippen LogP contribution in [0.3, 0.4) is 0 Å². The minimum Gasteiger partial charge on any atom is -0.394 e. The Morgan fingerprint density at radius 3 is 2.56 bits per heavy atom. The number of anilines is 3. The monoisotopic (exact) mass is 439 g/mol. The van der Waals surface area contributed by atoms with Crippen molar-refractivity contribution in [1.29, 1.82) is 0 Å². The Balaban J connectivity index is 1.73. The second-order valence-corrected chi connectivity index (χ2v) is 8.60. The molecule has 0 bridgehead atoms. The number of nitrogens with one attached hydrogen (secondary N) is 3. The van der Waals surface area contributed by atoms with Crippen LogP contribution < -0.4 is 16.0 Å². The molecular formula is C23H33N7O2. The van der Waals surface area contributed by atoms with Crippen LogP contribution >= 0.6 is 0 Å². The van der Waals surface area contributed by atoms with E-state index in [4.69, 9.17) is 0 Å². The predicted molar refractivity (Wildman–Crippen MR) is 128 cm³/mol. The molecule has 0 unspecified atom stereocenters. The van der Waals surface area contributed by atoms with Crippen molar-refractivity contribution in [3.8, 4) is 0 Å². The fraction of sp³-hybridized carbons (Fsp3) is 0.435. The number of nitrogens with zero attached hydrogens (tertiary/aromatic N) is 4. The van der Waals surface area contributed by atoms with Gasteiger partial charge in [0.15, 0.2) is 5.65 Å². The molecule has 0 spiro atoms. The van der Waals surface area contributed by atoms with Crippen molar-refractivity contribution in [1.82, 2.24) is 19.5 Å². The normalized spacial score (nSPS) is 12.4. The first-order valence-corrected chi connectivity index (χ1v) is 10.8. The molecule has 2 heterocycles. The van der Waals surface area contributed by atoms with E-state index in [9.17, 15) is 9.90 Å². The lowest BCUT2D eigenvalue weighted by atomic mass is 10.1. The zero-order chi connectivity index (χ0) is 23.3. The number of benzene rings is 1. The van der Waals surface area contributed by atoms with Crippen molar-refractivity contribution in [2.24, 2.45) is 5.92 Å². The Hall–Kier alpha value is -3.17. The number of carbonyl (C=O) groups is 1. The first-order valence-electron chi connectivity index (χ1n) is 10.8. The summed E-state index contributed by atoms with van der Waals surface area (Å²) < 4.78 is 1.78. The summed E-state index contributed by atoms with van der Waals surface area (Å²) in [6.07, 6.45) is 1.79. The van der Waals surface area contributed by atoms with E-state index in [-0.39, 0.29) is 24.5 Å². The molecule has 0 saturated carbocycles. The van der Waals surface area contributed by atoms with Gasteiger partial charge in [-0.1, -0.05) is 26.0 Å². The van der Waals surface area contributed by atoms with Crippen molar-refractivity contribution < 1.29 is 9.90 Å². The average Bonchev–Trinajstić information content (AvgIpc) is 3.11. The highest BCUT2D eigenvalue weighted by Crippen LogP contribution is 2.21. The van der Waals surface area contributed by atoms with Gasteiger partial charge in [0.05, 0.1) is 25.4 Å². The zero-order valence-corrected chi connectivity index (χ0v) is 19.4. The number of aromatic nitrogens is 3. The van der Waals surface area contributed by atoms with Gasteiger partial charge in [0, 0.05) is 23.9 Å². The zero-order valence-electron chi connectivity index (χ0n) is 19.4. The fourth-order valence-corrected chi connectivity index (χ4v) is 3.27. The lowest BCUT2D eigenvalue weighted by Crippen LogP contribution is -2.30. The van der Waals surface area contributed by atoms with Gasteiger partial charge in [-0.05, 0) is 44.6 Å². The number of hydrogen-bond acceptors (Lipinski definition) is 7. The van der Waals surface area contributed by atoms with Crippen molar-refractivity contribution in [2.45, 2.75) is 33.4 Å². The van der Waals surface area contributed by atoms with E-state index in [0.29, 0.717) is 18.9 Å². The first-order chi connectivity index (χ1) is 15.3. The highest BCUT2D eigenvalue weighted by molar-refractivity contribution is 5.92. The molecule has 0 aliphatic carbocycles. The lowest BCUT2D eigenvalue weighted by Gasteiger charge is -2.21. The van der Waals surface area contributed by atoms with Crippen LogP contribution in [0.1, 0.15) is 25.0 Å². The summed E-state index contributed by atoms with van der Waals surface area (Å²) in [7, 11) is 3.72. The van der Waals surface area contributed by atoms with Crippen LogP contribution in [0.5, 0.6) is 0 Å². The molecule has 3 rings (SSSR count). The summed E-state index contributed by atoms with van der Waals surface area (Å²) in [6, 6.07) is 9.56. The lowest BCUT2D eigenvalue weighted by molar-refractivity contribution is -0.116. The van der Waals surface area contributed by atoms with E-state index >= 15 is 0 Å². The quantitative estimate of drug-likeness (QED) is 0.385. The Bertz CT molecular complexity index is 1040. The molecule has 1 aromatic carbocycles. The molecule has 4 N–H and O–H groups in total. The molecule has 32 heavy (non-hydrogen) atoms. The first kappa shape index (κ1) is 23.5. The minimum absolute atomic E-state index is 0.0307. The Labute approximate surface area is 188 Å². The molecule has 3 aromatic rings. The van der Waals surface area contributed by atoms with Crippen LogP contribution in [0.4, 0.5) is 17.3 Å². The number of fused-ring (bicyclic) bond motifs is 1. The maximum absolute atomic E-state index is 11.9. The summed E-state index contributed by atoms with van der Waals surface area (Å²) in [5, 5.41) is 23.8. The highest BCUT2D eigenvalue weighted by Gasteiger charge is 2.15. The minimum atomic E-state index is -0.0868. The van der Waals surface area contributed by atoms with Crippen molar-refractivity contribution in [3.05, 3.63) is 47.7 Å². The summed E-state index contributed by atoms with van der Waals surface area (Å²) in [6.45, 7) is 7.04. The average molecular weight is 440 g/mol. The maximum atomic E-state index is 11.9. The topological polar surface area (TPSA) is 107 Å². The van der Waals surface area contributed by atoms with Gasteiger partial charge >= 0.3 is 0 Å². The number of likely N-dealkylation sites (N-methyl/N-ethyl adjacent to an activating group) is 1. The molecule has 0 radical (unpaired) electrons. The van der Waals surface area contributed by atoms with Gasteiger partial charge in [-0.3, -0.25) is 4.79 Å². The Morgan fingerprint density at radius 1 is 1.22 bits per heavy atom. The second-order valence-electron chi connectivity index (χ2n) is 8.60. The van der Waals surface area contributed by atoms with Gasteiger partial charge < -0.3 is 26.0 Å². The van der Waals surface area contributed by atoms with Crippen LogP contribution in [0.15, 0.2) is 36.5 Å². The van der Waals surface area contributed by atoms with Crippen LogP contribution in [0, 0.1) is 12.8 Å². The van der Waals surface area contributed by atoms with Crippen LogP contribution in [0.25, 0.3) is 5.65 Å². The molecule has 0 fully saturated rings. The summed E-state index contributed by atoms with van der Waals surface area (Å²) in [4.78, 5) is 18.4. The van der Waals surface area contributed by atoms with Crippen LogP contribution in [-0.2, 0) is 11.3 Å². The van der Waals surface area contributed by atoms with Gasteiger partial charge in [0.1, 0.15) is 11.6 Å². The third-order valence-corrected chi connectivity index (χ3v) is 5.15. The molecule has 1 amide bonds. The van der Waals surface area contributed by atoms with E-state index < -0.39 is 0 Å². The van der Waals surface area contributed by atoms with Crippen LogP contribution in [0.2, 0.25) is 0 Å². The second kappa shape index (κ2) is 10.4. The summed E-state index contributed by atoms with van der Waals surface area (Å²) in [5.41, 5.74) is 3.57. The summed E-state index contributed by atoms with van der Waals surface area (Å²) in [5.74, 6) is 1.71. The third kappa shape index (κ3) is 5.95. The number of aliphatic hydroxyl groups excluding tert-OH is 1. The molecule has 9 heteroatoms. The van der Waals surface area contributed by atoms with Gasteiger partial charge in [-0.15, -0.1) is 0 Å². The Morgan fingerprint density at radius 2 is 1.94 bits per heavy atom. The number of hydrogen-bond donors (Lipinski definition) is 4. The van der Waals surface area contributed by atoms with Crippen LogP contribution in [-0.4, -0.2) is 63.8 Å². The van der Waals surface area contributed by atoms with E-state index in [1.54, 1.807) is 10.7 Å². The highest BCUT2D eigenvalue weighted by atomic mass is 16.3. The van der Waals surface area contributed by atoms with Gasteiger partial charge in [-0.2, -0.15) is 9.61 Å². The third-order valence-electron chi connectivity index (χ3n) is 5.15. The Kier molecular flexibility index (Phi) is 7.66. The number of aryl methyl sites for hydroxylation is 1. The molecular weight excluding hydrogens is 406 g/mol. The number of carbonyl (C=O) groups excluding carboxylic acids is 1. The predicted octanol–water partition coefficient (Wildman–Crippen LogP) is 2.58. The van der Waals surface area contributed by atoms with Crippen molar-refractivity contribution in [2.75, 3.05) is 43.2 Å². The standard InChI is InChI=1S/C23H33N7O2/c1-15(2)19(14-31)27-20-10-21(30-23(28-20)16(3)11-25-30)24-12-17-6-8-18(9-7-17)26-22(32)13-29(4)5/h6-11,15,19,24,31H,12-14H2,1-5H3,(H,26,32)(H,27,28)/t19-/m1/s1. The van der Waals surface area contributed by atoms with Gasteiger partial charge in [0.25, 0.3) is 0 Å². The van der Waals surface area contributed by atoms with Crippen molar-refractivity contribution in [3.63, 3.8) is 0 Å². The van der Waals surface area contributed by atoms with E-state index in [1.165, 1.54) is 0 Å². The van der Waals surface area contributed by atoms with Gasteiger partial charge in [-0.25, -0.2) is 4.98 Å². The SMILES string of the molecule is Cc1cnn2c(NCc3ccc(NC(=O)CN(C)C)cc3)cc(N[C@H](CO)C(C)C)nc12. The number of rotatable bonds is 10. The largest absolute Gasteiger partial charge is 0.394 e. The van der Waals surface area contributed by atoms with E-state index in [0.717, 1.165) is 28.3 Å². The molecule has 0 aliphatic rings. The molecule has 9 nitrogen and oxygen atoms in total. The fourth-order valence-electron chi connectivity index (χ4n) is 3.27. The number of aliphatic hydroxyl groups is 1. The molecule has 1 atom stereocenters. The van der Waals surface area contributed by atoms with E-state index in [1.807, 2.05) is 56.3 Å². The molecule has 0 aliphatic heterocycles. The van der Waals surface area contributed by atoms with Crippen molar-refractivity contribution >= 4 is 28.9 Å². The maximum Gasteiger partial charge on any atom is 0.238 e. The van der Waals surface area contributed by atoms with Gasteiger partial charge in [0.2, 0.25) is 5.91 Å². The molecule has 0 saturated heterocycles. The summed E-state index contributed by atoms with van der Waals surface area (Å²) >= 11 is 0.